The Balaban J connectivity index is 1.51. The number of pyridine rings is 4. The molecule has 9 heteroatoms. The highest BCUT2D eigenvalue weighted by atomic mass is 16.3. The Morgan fingerprint density at radius 2 is 1.77 bits per heavy atom. The van der Waals surface area contributed by atoms with Gasteiger partial charge in [0.1, 0.15) is 11.4 Å². The number of nitrogens with one attached hydrogen (secondary N) is 2. The van der Waals surface area contributed by atoms with E-state index in [0.717, 1.165) is 33.3 Å². The topological polar surface area (TPSA) is 129 Å². The standard InChI is InChI=1S/C22H14N8O/c31-14-7-12(9-23-11-14)13-8-16-19(29-30-20(16)26-10-13)22-27-18-15(4-6-25-21(18)28-22)17-3-1-2-5-24-17/h1-11,31H,(H,25,27,28)(H,26,29,30). The molecule has 0 radical (unpaired) electrons. The maximum absolute atomic E-state index is 9.75. The van der Waals surface area contributed by atoms with Gasteiger partial charge in [-0.3, -0.25) is 15.1 Å². The summed E-state index contributed by atoms with van der Waals surface area (Å²) in [5, 5.41) is 17.9. The Morgan fingerprint density at radius 1 is 0.839 bits per heavy atom. The van der Waals surface area contributed by atoms with E-state index < -0.39 is 0 Å². The van der Waals surface area contributed by atoms with Crippen LogP contribution >= 0.6 is 0 Å². The van der Waals surface area contributed by atoms with Crippen molar-refractivity contribution in [1.82, 2.24) is 40.1 Å². The second-order valence-corrected chi connectivity index (χ2v) is 6.98. The van der Waals surface area contributed by atoms with Crippen LogP contribution in [0.3, 0.4) is 0 Å². The molecule has 0 spiro atoms. The third kappa shape index (κ3) is 2.87. The van der Waals surface area contributed by atoms with Gasteiger partial charge in [0.25, 0.3) is 0 Å². The summed E-state index contributed by atoms with van der Waals surface area (Å²) >= 11 is 0. The van der Waals surface area contributed by atoms with Crippen LogP contribution in [0.2, 0.25) is 0 Å². The molecule has 6 rings (SSSR count). The zero-order valence-electron chi connectivity index (χ0n) is 16.0. The Kier molecular flexibility index (Phi) is 3.72. The van der Waals surface area contributed by atoms with Crippen LogP contribution in [0.5, 0.6) is 5.75 Å². The normalized spacial score (nSPS) is 11.4. The Hall–Kier alpha value is -4.66. The van der Waals surface area contributed by atoms with Crippen molar-refractivity contribution in [3.8, 4) is 39.7 Å². The monoisotopic (exact) mass is 406 g/mol. The quantitative estimate of drug-likeness (QED) is 0.408. The Labute approximate surface area is 174 Å². The van der Waals surface area contributed by atoms with Gasteiger partial charge in [-0.15, -0.1) is 0 Å². The summed E-state index contributed by atoms with van der Waals surface area (Å²) in [4.78, 5) is 25.3. The fourth-order valence-corrected chi connectivity index (χ4v) is 3.59. The van der Waals surface area contributed by atoms with E-state index in [-0.39, 0.29) is 5.75 Å². The molecule has 0 bridgehead atoms. The van der Waals surface area contributed by atoms with Gasteiger partial charge < -0.3 is 10.1 Å². The minimum absolute atomic E-state index is 0.0930. The van der Waals surface area contributed by atoms with E-state index in [1.807, 2.05) is 30.3 Å². The molecule has 0 aromatic carbocycles. The molecular weight excluding hydrogens is 392 g/mol. The predicted octanol–water partition coefficient (Wildman–Crippen LogP) is 3.73. The molecule has 0 aliphatic rings. The average molecular weight is 406 g/mol. The summed E-state index contributed by atoms with van der Waals surface area (Å²) < 4.78 is 0. The fourth-order valence-electron chi connectivity index (χ4n) is 3.59. The lowest BCUT2D eigenvalue weighted by molar-refractivity contribution is 0.473. The molecule has 31 heavy (non-hydrogen) atoms. The van der Waals surface area contributed by atoms with Gasteiger partial charge in [0.2, 0.25) is 0 Å². The van der Waals surface area contributed by atoms with E-state index >= 15 is 0 Å². The van der Waals surface area contributed by atoms with E-state index in [1.165, 1.54) is 6.20 Å². The van der Waals surface area contributed by atoms with Gasteiger partial charge in [-0.05, 0) is 30.3 Å². The number of aromatic amines is 2. The zero-order chi connectivity index (χ0) is 20.8. The van der Waals surface area contributed by atoms with Crippen LogP contribution in [-0.2, 0) is 0 Å². The highest BCUT2D eigenvalue weighted by Crippen LogP contribution is 2.31. The molecule has 0 fully saturated rings. The first kappa shape index (κ1) is 17.2. The molecule has 0 atom stereocenters. The van der Waals surface area contributed by atoms with Gasteiger partial charge in [0, 0.05) is 41.5 Å². The second-order valence-electron chi connectivity index (χ2n) is 6.98. The van der Waals surface area contributed by atoms with Crippen LogP contribution in [0.15, 0.2) is 67.4 Å². The molecule has 0 aliphatic heterocycles. The number of hydrogen-bond acceptors (Lipinski definition) is 7. The Morgan fingerprint density at radius 3 is 2.65 bits per heavy atom. The van der Waals surface area contributed by atoms with E-state index in [0.29, 0.717) is 22.8 Å². The van der Waals surface area contributed by atoms with E-state index in [1.54, 1.807) is 30.9 Å². The number of nitrogens with zero attached hydrogens (tertiary/aromatic N) is 6. The molecule has 0 saturated heterocycles. The highest BCUT2D eigenvalue weighted by Gasteiger charge is 2.17. The number of hydrogen-bond donors (Lipinski definition) is 3. The van der Waals surface area contributed by atoms with Gasteiger partial charge in [0.05, 0.1) is 22.8 Å². The van der Waals surface area contributed by atoms with Gasteiger partial charge in [0.15, 0.2) is 17.1 Å². The van der Waals surface area contributed by atoms with Crippen molar-refractivity contribution in [3.63, 3.8) is 0 Å². The van der Waals surface area contributed by atoms with Crippen LogP contribution < -0.4 is 0 Å². The van der Waals surface area contributed by atoms with Crippen LogP contribution in [-0.4, -0.2) is 45.2 Å². The summed E-state index contributed by atoms with van der Waals surface area (Å²) in [7, 11) is 0. The molecule has 6 aromatic rings. The molecule has 0 aliphatic carbocycles. The third-order valence-electron chi connectivity index (χ3n) is 5.04. The van der Waals surface area contributed by atoms with Crippen molar-refractivity contribution in [2.45, 2.75) is 0 Å². The van der Waals surface area contributed by atoms with E-state index in [2.05, 4.69) is 40.1 Å². The van der Waals surface area contributed by atoms with E-state index in [9.17, 15) is 5.11 Å². The molecule has 0 saturated carbocycles. The number of aromatic hydroxyl groups is 1. The fraction of sp³-hybridized carbons (Fsp3) is 0. The summed E-state index contributed by atoms with van der Waals surface area (Å²) in [6.07, 6.45) is 8.23. The lowest BCUT2D eigenvalue weighted by Gasteiger charge is -2.02. The highest BCUT2D eigenvalue weighted by molar-refractivity contribution is 5.95. The molecule has 9 nitrogen and oxygen atoms in total. The van der Waals surface area contributed by atoms with Gasteiger partial charge in [-0.2, -0.15) is 5.10 Å². The lowest BCUT2D eigenvalue weighted by Crippen LogP contribution is -1.86. The third-order valence-corrected chi connectivity index (χ3v) is 5.04. The maximum Gasteiger partial charge on any atom is 0.181 e. The van der Waals surface area contributed by atoms with Crippen molar-refractivity contribution >= 4 is 22.2 Å². The van der Waals surface area contributed by atoms with Gasteiger partial charge in [-0.1, -0.05) is 6.07 Å². The largest absolute Gasteiger partial charge is 0.506 e. The Bertz CT molecular complexity index is 1550. The van der Waals surface area contributed by atoms with Crippen LogP contribution in [0.4, 0.5) is 0 Å². The van der Waals surface area contributed by atoms with Crippen LogP contribution in [0.1, 0.15) is 0 Å². The molecule has 0 amide bonds. The van der Waals surface area contributed by atoms with Crippen molar-refractivity contribution in [2.75, 3.05) is 0 Å². The molecule has 0 unspecified atom stereocenters. The number of rotatable bonds is 3. The minimum atomic E-state index is 0.0930. The van der Waals surface area contributed by atoms with Crippen LogP contribution in [0, 0.1) is 0 Å². The number of aromatic nitrogens is 8. The summed E-state index contributed by atoms with van der Waals surface area (Å²) in [6.45, 7) is 0. The number of H-pyrrole nitrogens is 2. The first-order chi connectivity index (χ1) is 15.3. The average Bonchev–Trinajstić information content (AvgIpc) is 3.43. The summed E-state index contributed by atoms with van der Waals surface area (Å²) in [5.41, 5.74) is 5.94. The van der Waals surface area contributed by atoms with Gasteiger partial charge in [-0.25, -0.2) is 15.0 Å². The van der Waals surface area contributed by atoms with E-state index in [4.69, 9.17) is 0 Å². The lowest BCUT2D eigenvalue weighted by atomic mass is 10.1. The second kappa shape index (κ2) is 6.70. The molecule has 3 N–H and O–H groups in total. The smallest absolute Gasteiger partial charge is 0.181 e. The molecule has 6 aromatic heterocycles. The first-order valence-corrected chi connectivity index (χ1v) is 9.51. The predicted molar refractivity (Wildman–Crippen MR) is 115 cm³/mol. The molecule has 6 heterocycles. The number of imidazole rings is 1. The number of fused-ring (bicyclic) bond motifs is 2. The van der Waals surface area contributed by atoms with Crippen LogP contribution in [0.25, 0.3) is 56.1 Å². The van der Waals surface area contributed by atoms with Gasteiger partial charge >= 0.3 is 0 Å². The molecule has 148 valence electrons. The van der Waals surface area contributed by atoms with Crippen molar-refractivity contribution in [1.29, 1.82) is 0 Å². The SMILES string of the molecule is Oc1cncc(-c2cnc3n[nH]c(-c4nc5nccc(-c6ccccn6)c5[nH]4)c3c2)c1. The zero-order valence-corrected chi connectivity index (χ0v) is 16.0. The minimum Gasteiger partial charge on any atom is -0.506 e. The van der Waals surface area contributed by atoms with Crippen molar-refractivity contribution in [2.24, 2.45) is 0 Å². The van der Waals surface area contributed by atoms with Crippen molar-refractivity contribution in [3.05, 3.63) is 67.4 Å². The summed E-state index contributed by atoms with van der Waals surface area (Å²) in [5.74, 6) is 0.691. The molecular formula is C22H14N8O. The summed E-state index contributed by atoms with van der Waals surface area (Å²) in [6, 6.07) is 11.3. The first-order valence-electron chi connectivity index (χ1n) is 9.51. The van der Waals surface area contributed by atoms with Crippen molar-refractivity contribution < 1.29 is 5.11 Å². The maximum atomic E-state index is 9.75.